The van der Waals surface area contributed by atoms with Crippen LogP contribution in [0.1, 0.15) is 56.4 Å². The normalized spacial score (nSPS) is 12.2. The minimum Gasteiger partial charge on any atom is -0.321 e. The maximum absolute atomic E-state index is 6.26. The van der Waals surface area contributed by atoms with E-state index in [9.17, 15) is 0 Å². The van der Waals surface area contributed by atoms with Crippen molar-refractivity contribution in [3.63, 3.8) is 0 Å². The van der Waals surface area contributed by atoms with E-state index in [-0.39, 0.29) is 6.04 Å². The molecule has 4 aromatic rings. The summed E-state index contributed by atoms with van der Waals surface area (Å²) in [4.78, 5) is 4.72. The average molecular weight is 417 g/mol. The Morgan fingerprint density at radius 2 is 1.77 bits per heavy atom. The predicted molar refractivity (Wildman–Crippen MR) is 120 cm³/mol. The Morgan fingerprint density at radius 3 is 2.45 bits per heavy atom. The number of aromatic nitrogens is 7. The zero-order valence-electron chi connectivity index (χ0n) is 18.0. The molecule has 2 heterocycles. The van der Waals surface area contributed by atoms with Gasteiger partial charge in [0.2, 0.25) is 5.82 Å². The summed E-state index contributed by atoms with van der Waals surface area (Å²) in [7, 11) is 0. The standard InChI is InChI=1S/C23H28N8/c1-3-7-20(24)23-25-21(8-4-2)31(28-23)15-16-11-13-17(14-12-16)18-9-5-6-10-19(18)22-26-29-30-27-22/h5-6,9-14,20H,3-4,7-8,15,24H2,1-2H3,(H,26,27,29,30). The molecular formula is C23H28N8. The molecule has 2 aromatic heterocycles. The lowest BCUT2D eigenvalue weighted by Crippen LogP contribution is -2.12. The van der Waals surface area contributed by atoms with Crippen LogP contribution in [0.5, 0.6) is 0 Å². The molecule has 0 aliphatic rings. The van der Waals surface area contributed by atoms with Crippen LogP contribution in [0.2, 0.25) is 0 Å². The van der Waals surface area contributed by atoms with Gasteiger partial charge >= 0.3 is 0 Å². The number of nitrogens with two attached hydrogens (primary N) is 1. The van der Waals surface area contributed by atoms with Gasteiger partial charge in [0.1, 0.15) is 5.82 Å². The fourth-order valence-corrected chi connectivity index (χ4v) is 3.69. The Hall–Kier alpha value is -3.39. The third-order valence-corrected chi connectivity index (χ3v) is 5.28. The molecule has 4 rings (SSSR count). The Kier molecular flexibility index (Phi) is 6.47. The van der Waals surface area contributed by atoms with Crippen LogP contribution in [0.3, 0.4) is 0 Å². The van der Waals surface area contributed by atoms with Crippen LogP contribution in [-0.4, -0.2) is 35.4 Å². The molecule has 0 aliphatic carbocycles. The van der Waals surface area contributed by atoms with Gasteiger partial charge < -0.3 is 5.73 Å². The highest BCUT2D eigenvalue weighted by molar-refractivity contribution is 5.80. The number of aromatic amines is 1. The first-order valence-corrected chi connectivity index (χ1v) is 10.8. The van der Waals surface area contributed by atoms with E-state index in [0.717, 1.165) is 54.0 Å². The van der Waals surface area contributed by atoms with Crippen LogP contribution < -0.4 is 5.73 Å². The minimum absolute atomic E-state index is 0.106. The maximum atomic E-state index is 6.26. The van der Waals surface area contributed by atoms with Gasteiger partial charge in [0.25, 0.3) is 0 Å². The van der Waals surface area contributed by atoms with Crippen molar-refractivity contribution in [3.8, 4) is 22.5 Å². The van der Waals surface area contributed by atoms with Crippen molar-refractivity contribution in [2.24, 2.45) is 5.73 Å². The molecule has 31 heavy (non-hydrogen) atoms. The van der Waals surface area contributed by atoms with E-state index in [1.54, 1.807) is 0 Å². The maximum Gasteiger partial charge on any atom is 0.205 e. The first-order valence-electron chi connectivity index (χ1n) is 10.8. The molecule has 0 saturated heterocycles. The number of nitrogens with zero attached hydrogens (tertiary/aromatic N) is 6. The summed E-state index contributed by atoms with van der Waals surface area (Å²) in [6.07, 6.45) is 3.82. The Labute approximate surface area is 181 Å². The molecule has 0 spiro atoms. The summed E-state index contributed by atoms with van der Waals surface area (Å²) in [5, 5.41) is 19.2. The molecule has 8 heteroatoms. The van der Waals surface area contributed by atoms with E-state index in [2.05, 4.69) is 64.8 Å². The zero-order valence-corrected chi connectivity index (χ0v) is 18.0. The molecule has 1 unspecified atom stereocenters. The number of nitrogens with one attached hydrogen (secondary N) is 1. The van der Waals surface area contributed by atoms with Crippen LogP contribution >= 0.6 is 0 Å². The highest BCUT2D eigenvalue weighted by Gasteiger charge is 2.16. The second-order valence-corrected chi connectivity index (χ2v) is 7.67. The van der Waals surface area contributed by atoms with Crippen molar-refractivity contribution in [1.82, 2.24) is 35.4 Å². The quantitative estimate of drug-likeness (QED) is 0.428. The summed E-state index contributed by atoms with van der Waals surface area (Å²) >= 11 is 0. The molecule has 0 radical (unpaired) electrons. The van der Waals surface area contributed by atoms with Crippen LogP contribution in [0.15, 0.2) is 48.5 Å². The molecule has 0 amide bonds. The molecule has 0 aliphatic heterocycles. The molecule has 8 nitrogen and oxygen atoms in total. The lowest BCUT2D eigenvalue weighted by atomic mass is 9.98. The molecule has 160 valence electrons. The van der Waals surface area contributed by atoms with Gasteiger partial charge in [-0.15, -0.1) is 10.2 Å². The lowest BCUT2D eigenvalue weighted by molar-refractivity contribution is 0.579. The van der Waals surface area contributed by atoms with Gasteiger partial charge in [-0.3, -0.25) is 0 Å². The highest BCUT2D eigenvalue weighted by atomic mass is 15.5. The van der Waals surface area contributed by atoms with Crippen LogP contribution in [0.4, 0.5) is 0 Å². The topological polar surface area (TPSA) is 111 Å². The first-order chi connectivity index (χ1) is 15.2. The molecular weight excluding hydrogens is 388 g/mol. The third-order valence-electron chi connectivity index (χ3n) is 5.28. The second-order valence-electron chi connectivity index (χ2n) is 7.67. The summed E-state index contributed by atoms with van der Waals surface area (Å²) in [5.74, 6) is 2.33. The summed E-state index contributed by atoms with van der Waals surface area (Å²) in [5.41, 5.74) is 10.5. The van der Waals surface area contributed by atoms with E-state index >= 15 is 0 Å². The number of aryl methyl sites for hydroxylation is 1. The molecule has 1 atom stereocenters. The van der Waals surface area contributed by atoms with Gasteiger partial charge in [0.05, 0.1) is 12.6 Å². The Bertz CT molecular complexity index is 1100. The molecule has 0 saturated carbocycles. The van der Waals surface area contributed by atoms with Crippen molar-refractivity contribution in [3.05, 3.63) is 65.7 Å². The fraction of sp³-hybridized carbons (Fsp3) is 0.348. The first kappa shape index (κ1) is 20.9. The average Bonchev–Trinajstić information content (AvgIpc) is 3.46. The smallest absolute Gasteiger partial charge is 0.205 e. The Morgan fingerprint density at radius 1 is 1.00 bits per heavy atom. The number of hydrogen-bond acceptors (Lipinski definition) is 6. The van der Waals surface area contributed by atoms with E-state index in [1.165, 1.54) is 5.56 Å². The predicted octanol–water partition coefficient (Wildman–Crippen LogP) is 3.93. The van der Waals surface area contributed by atoms with Crippen LogP contribution in [-0.2, 0) is 13.0 Å². The third kappa shape index (κ3) is 4.69. The van der Waals surface area contributed by atoms with Gasteiger partial charge in [-0.25, -0.2) is 9.67 Å². The molecule has 3 N–H and O–H groups in total. The number of rotatable bonds is 9. The highest BCUT2D eigenvalue weighted by Crippen LogP contribution is 2.29. The van der Waals surface area contributed by atoms with Crippen LogP contribution in [0, 0.1) is 0 Å². The summed E-state index contributed by atoms with van der Waals surface area (Å²) < 4.78 is 2.00. The molecule has 0 fully saturated rings. The monoisotopic (exact) mass is 416 g/mol. The lowest BCUT2D eigenvalue weighted by Gasteiger charge is -2.09. The van der Waals surface area contributed by atoms with E-state index in [4.69, 9.17) is 15.8 Å². The minimum atomic E-state index is -0.106. The number of tetrazole rings is 1. The van der Waals surface area contributed by atoms with Gasteiger partial charge in [-0.2, -0.15) is 10.3 Å². The number of hydrogen-bond donors (Lipinski definition) is 2. The van der Waals surface area contributed by atoms with Crippen molar-refractivity contribution in [1.29, 1.82) is 0 Å². The number of H-pyrrole nitrogens is 1. The largest absolute Gasteiger partial charge is 0.321 e. The van der Waals surface area contributed by atoms with Crippen LogP contribution in [0.25, 0.3) is 22.5 Å². The summed E-state index contributed by atoms with van der Waals surface area (Å²) in [6, 6.07) is 16.5. The van der Waals surface area contributed by atoms with Crippen molar-refractivity contribution in [2.75, 3.05) is 0 Å². The molecule has 2 aromatic carbocycles. The van der Waals surface area contributed by atoms with Crippen molar-refractivity contribution in [2.45, 2.75) is 52.1 Å². The SMILES string of the molecule is CCCc1nc(C(N)CCC)nn1Cc1ccc(-c2ccccc2-c2nn[nH]n2)cc1. The van der Waals surface area contributed by atoms with E-state index in [1.807, 2.05) is 22.9 Å². The summed E-state index contributed by atoms with van der Waals surface area (Å²) in [6.45, 7) is 4.96. The van der Waals surface area contributed by atoms with Gasteiger partial charge in [0.15, 0.2) is 5.82 Å². The zero-order chi connectivity index (χ0) is 21.6. The molecule has 0 bridgehead atoms. The van der Waals surface area contributed by atoms with Crippen molar-refractivity contribution < 1.29 is 0 Å². The van der Waals surface area contributed by atoms with Crippen molar-refractivity contribution >= 4 is 0 Å². The fourth-order valence-electron chi connectivity index (χ4n) is 3.69. The number of benzene rings is 2. The van der Waals surface area contributed by atoms with E-state index < -0.39 is 0 Å². The van der Waals surface area contributed by atoms with E-state index in [0.29, 0.717) is 12.4 Å². The Balaban J connectivity index is 1.58. The van der Waals surface area contributed by atoms with Gasteiger partial charge in [-0.05, 0) is 34.7 Å². The van der Waals surface area contributed by atoms with Gasteiger partial charge in [-0.1, -0.05) is 68.8 Å². The second kappa shape index (κ2) is 9.61. The van der Waals surface area contributed by atoms with Gasteiger partial charge in [0, 0.05) is 12.0 Å².